The predicted octanol–water partition coefficient (Wildman–Crippen LogP) is 3.19. The Labute approximate surface area is 178 Å². The number of carbonyl (C=O) groups is 1. The third kappa shape index (κ3) is 3.75. The smallest absolute Gasteiger partial charge is 0.277 e. The first-order valence-electron chi connectivity index (χ1n) is 10.1. The van der Waals surface area contributed by atoms with Gasteiger partial charge in [0.05, 0.1) is 24.4 Å². The zero-order valence-electron chi connectivity index (χ0n) is 17.3. The van der Waals surface area contributed by atoms with Crippen molar-refractivity contribution >= 4 is 22.5 Å². The number of hydrogen-bond donors (Lipinski definition) is 2. The fourth-order valence-corrected chi connectivity index (χ4v) is 3.77. The van der Waals surface area contributed by atoms with E-state index in [2.05, 4.69) is 25.7 Å². The number of amides is 1. The van der Waals surface area contributed by atoms with Crippen molar-refractivity contribution in [1.29, 1.82) is 0 Å². The Morgan fingerprint density at radius 3 is 3.03 bits per heavy atom. The van der Waals surface area contributed by atoms with Gasteiger partial charge in [0, 0.05) is 41.6 Å². The predicted molar refractivity (Wildman–Crippen MR) is 115 cm³/mol. The molecule has 0 spiro atoms. The lowest BCUT2D eigenvalue weighted by molar-refractivity contribution is 0.102. The first-order valence-corrected chi connectivity index (χ1v) is 10.1. The van der Waals surface area contributed by atoms with Crippen molar-refractivity contribution in [2.45, 2.75) is 19.4 Å². The average molecular weight is 418 g/mol. The molecule has 1 atom stereocenters. The Morgan fingerprint density at radius 1 is 1.35 bits per heavy atom. The summed E-state index contributed by atoms with van der Waals surface area (Å²) in [5.41, 5.74) is 3.15. The molecule has 2 N–H and O–H groups in total. The van der Waals surface area contributed by atoms with Gasteiger partial charge in [0.15, 0.2) is 5.69 Å². The number of oxazole rings is 1. The maximum absolute atomic E-state index is 12.8. The number of hydrogen-bond acceptors (Lipinski definition) is 7. The number of pyridine rings is 1. The topological polar surface area (TPSA) is 107 Å². The molecule has 158 valence electrons. The molecule has 0 bridgehead atoms. The first kappa shape index (κ1) is 19.3. The SMILES string of the molecule is COc1cc2nn(C3CCNC3)cc2cc1NC(=O)c1coc(-c2ccnc(C)c2)n1. The molecule has 3 aromatic heterocycles. The zero-order valence-corrected chi connectivity index (χ0v) is 17.3. The third-order valence-electron chi connectivity index (χ3n) is 5.38. The molecule has 1 aromatic carbocycles. The largest absolute Gasteiger partial charge is 0.494 e. The summed E-state index contributed by atoms with van der Waals surface area (Å²) in [7, 11) is 1.56. The molecule has 1 aliphatic heterocycles. The van der Waals surface area contributed by atoms with Crippen LogP contribution in [0, 0.1) is 6.92 Å². The minimum Gasteiger partial charge on any atom is -0.494 e. The summed E-state index contributed by atoms with van der Waals surface area (Å²) in [5, 5.41) is 11.8. The highest BCUT2D eigenvalue weighted by Gasteiger charge is 2.20. The molecular weight excluding hydrogens is 396 g/mol. The van der Waals surface area contributed by atoms with E-state index in [4.69, 9.17) is 9.15 Å². The van der Waals surface area contributed by atoms with Crippen molar-refractivity contribution in [2.75, 3.05) is 25.5 Å². The van der Waals surface area contributed by atoms with Crippen LogP contribution in [0.5, 0.6) is 5.75 Å². The van der Waals surface area contributed by atoms with Crippen LogP contribution in [-0.2, 0) is 0 Å². The summed E-state index contributed by atoms with van der Waals surface area (Å²) in [4.78, 5) is 21.3. The van der Waals surface area contributed by atoms with Crippen LogP contribution in [0.4, 0.5) is 5.69 Å². The third-order valence-corrected chi connectivity index (χ3v) is 5.38. The second-order valence-electron chi connectivity index (χ2n) is 7.54. The van der Waals surface area contributed by atoms with E-state index in [0.717, 1.165) is 41.7 Å². The average Bonchev–Trinajstić information content (AvgIpc) is 3.53. The molecule has 4 heterocycles. The van der Waals surface area contributed by atoms with Gasteiger partial charge in [0.25, 0.3) is 5.91 Å². The van der Waals surface area contributed by atoms with Gasteiger partial charge in [-0.2, -0.15) is 5.10 Å². The fourth-order valence-electron chi connectivity index (χ4n) is 3.77. The number of nitrogens with one attached hydrogen (secondary N) is 2. The van der Waals surface area contributed by atoms with Crippen LogP contribution in [0.15, 0.2) is 47.3 Å². The van der Waals surface area contributed by atoms with Crippen molar-refractivity contribution < 1.29 is 13.9 Å². The standard InChI is InChI=1S/C22H22N6O3/c1-13-7-14(3-6-24-13)22-26-19(12-31-22)21(29)25-18-8-15-11-28(16-4-5-23-10-16)27-17(15)9-20(18)30-2/h3,6-9,11-12,16,23H,4-5,10H2,1-2H3,(H,25,29). The number of anilines is 1. The summed E-state index contributed by atoms with van der Waals surface area (Å²) in [5.74, 6) is 0.513. The van der Waals surface area contributed by atoms with Gasteiger partial charge in [0.1, 0.15) is 12.0 Å². The second kappa shape index (κ2) is 7.84. The van der Waals surface area contributed by atoms with Gasteiger partial charge in [-0.1, -0.05) is 0 Å². The van der Waals surface area contributed by atoms with Gasteiger partial charge in [-0.05, 0) is 38.1 Å². The van der Waals surface area contributed by atoms with E-state index < -0.39 is 0 Å². The molecule has 1 amide bonds. The minimum atomic E-state index is -0.384. The van der Waals surface area contributed by atoms with Gasteiger partial charge in [0.2, 0.25) is 5.89 Å². The number of fused-ring (bicyclic) bond motifs is 1. The van der Waals surface area contributed by atoms with Crippen LogP contribution in [0.3, 0.4) is 0 Å². The molecule has 4 aromatic rings. The monoisotopic (exact) mass is 418 g/mol. The molecule has 9 heteroatoms. The quantitative estimate of drug-likeness (QED) is 0.512. The number of rotatable bonds is 5. The zero-order chi connectivity index (χ0) is 21.4. The van der Waals surface area contributed by atoms with E-state index in [1.54, 1.807) is 19.4 Å². The lowest BCUT2D eigenvalue weighted by atomic mass is 10.2. The molecule has 9 nitrogen and oxygen atoms in total. The van der Waals surface area contributed by atoms with Crippen molar-refractivity contribution in [3.8, 4) is 17.2 Å². The number of ether oxygens (including phenoxy) is 1. The summed E-state index contributed by atoms with van der Waals surface area (Å²) >= 11 is 0. The van der Waals surface area contributed by atoms with Crippen LogP contribution in [-0.4, -0.2) is 45.9 Å². The van der Waals surface area contributed by atoms with Gasteiger partial charge in [-0.3, -0.25) is 14.5 Å². The number of nitrogens with zero attached hydrogens (tertiary/aromatic N) is 4. The summed E-state index contributed by atoms with van der Waals surface area (Å²) in [6, 6.07) is 7.67. The van der Waals surface area contributed by atoms with E-state index in [1.165, 1.54) is 6.26 Å². The Balaban J connectivity index is 1.41. The highest BCUT2D eigenvalue weighted by atomic mass is 16.5. The number of benzene rings is 1. The van der Waals surface area contributed by atoms with Crippen LogP contribution in [0.1, 0.15) is 28.6 Å². The van der Waals surface area contributed by atoms with Gasteiger partial charge < -0.3 is 19.8 Å². The molecule has 1 unspecified atom stereocenters. The Hall–Kier alpha value is -3.72. The number of methoxy groups -OCH3 is 1. The van der Waals surface area contributed by atoms with Crippen LogP contribution >= 0.6 is 0 Å². The maximum Gasteiger partial charge on any atom is 0.277 e. The highest BCUT2D eigenvalue weighted by Crippen LogP contribution is 2.31. The number of aryl methyl sites for hydroxylation is 1. The van der Waals surface area contributed by atoms with Crippen molar-refractivity contribution in [3.05, 3.63) is 54.3 Å². The minimum absolute atomic E-state index is 0.180. The van der Waals surface area contributed by atoms with E-state index in [1.807, 2.05) is 36.0 Å². The Kier molecular flexibility index (Phi) is 4.87. The van der Waals surface area contributed by atoms with Gasteiger partial charge in [-0.25, -0.2) is 4.98 Å². The fraction of sp³-hybridized carbons (Fsp3) is 0.273. The lowest BCUT2D eigenvalue weighted by Gasteiger charge is -2.09. The van der Waals surface area contributed by atoms with Gasteiger partial charge in [-0.15, -0.1) is 0 Å². The molecule has 1 aliphatic rings. The maximum atomic E-state index is 12.8. The molecule has 5 rings (SSSR count). The van der Waals surface area contributed by atoms with E-state index in [-0.39, 0.29) is 11.6 Å². The normalized spacial score (nSPS) is 16.0. The Morgan fingerprint density at radius 2 is 2.26 bits per heavy atom. The van der Waals surface area contributed by atoms with E-state index in [0.29, 0.717) is 23.4 Å². The summed E-state index contributed by atoms with van der Waals surface area (Å²) in [6.07, 6.45) is 6.06. The molecule has 1 saturated heterocycles. The van der Waals surface area contributed by atoms with E-state index in [9.17, 15) is 4.79 Å². The molecular formula is C22H22N6O3. The van der Waals surface area contributed by atoms with Crippen LogP contribution < -0.4 is 15.4 Å². The molecule has 0 saturated carbocycles. The highest BCUT2D eigenvalue weighted by molar-refractivity contribution is 6.05. The number of aromatic nitrogens is 4. The van der Waals surface area contributed by atoms with Crippen molar-refractivity contribution in [2.24, 2.45) is 0 Å². The Bertz CT molecular complexity index is 1260. The van der Waals surface area contributed by atoms with Crippen molar-refractivity contribution in [1.82, 2.24) is 25.1 Å². The number of carbonyl (C=O) groups excluding carboxylic acids is 1. The molecule has 1 fully saturated rings. The first-order chi connectivity index (χ1) is 15.1. The van der Waals surface area contributed by atoms with Crippen molar-refractivity contribution in [3.63, 3.8) is 0 Å². The molecule has 0 radical (unpaired) electrons. The summed E-state index contributed by atoms with van der Waals surface area (Å²) < 4.78 is 13.0. The van der Waals surface area contributed by atoms with E-state index >= 15 is 0 Å². The molecule has 0 aliphatic carbocycles. The lowest BCUT2D eigenvalue weighted by Crippen LogP contribution is -2.13. The summed E-state index contributed by atoms with van der Waals surface area (Å²) in [6.45, 7) is 3.78. The molecule has 31 heavy (non-hydrogen) atoms. The van der Waals surface area contributed by atoms with Crippen LogP contribution in [0.25, 0.3) is 22.4 Å². The van der Waals surface area contributed by atoms with Crippen LogP contribution in [0.2, 0.25) is 0 Å². The second-order valence-corrected chi connectivity index (χ2v) is 7.54. The van der Waals surface area contributed by atoms with Gasteiger partial charge >= 0.3 is 0 Å².